The Morgan fingerprint density at radius 2 is 1.64 bits per heavy atom. The molecule has 4 heteroatoms. The fourth-order valence-corrected chi connectivity index (χ4v) is 3.71. The largest absolute Gasteiger partial charge is 0.490 e. The zero-order valence-corrected chi connectivity index (χ0v) is 18.3. The average Bonchev–Trinajstić information content (AvgIpc) is 2.87. The van der Waals surface area contributed by atoms with Crippen molar-refractivity contribution in [2.75, 3.05) is 6.61 Å². The first kappa shape index (κ1) is 21.7. The molecule has 0 amide bonds. The summed E-state index contributed by atoms with van der Waals surface area (Å²) in [6.07, 6.45) is 1.86. The summed E-state index contributed by atoms with van der Waals surface area (Å²) in [7, 11) is 0. The third-order valence-electron chi connectivity index (χ3n) is 5.30. The van der Waals surface area contributed by atoms with E-state index in [1.165, 1.54) is 0 Å². The molecule has 4 aromatic rings. The predicted octanol–water partition coefficient (Wildman–Crippen LogP) is 6.75. The molecule has 33 heavy (non-hydrogen) atoms. The topological polar surface area (TPSA) is 66.0 Å². The minimum Gasteiger partial charge on any atom is -0.490 e. The van der Waals surface area contributed by atoms with Crippen LogP contribution in [-0.4, -0.2) is 6.61 Å². The Bertz CT molecular complexity index is 1400. The Morgan fingerprint density at radius 3 is 2.45 bits per heavy atom. The maximum atomic E-state index is 9.89. The van der Waals surface area contributed by atoms with Crippen LogP contribution in [0.15, 0.2) is 84.9 Å². The summed E-state index contributed by atoms with van der Waals surface area (Å²) < 4.78 is 11.8. The summed E-state index contributed by atoms with van der Waals surface area (Å²) in [5, 5.41) is 21.3. The maximum absolute atomic E-state index is 9.89. The number of hydrogen-bond donors (Lipinski definition) is 0. The smallest absolute Gasteiger partial charge is 0.161 e. The first-order chi connectivity index (χ1) is 16.2. The van der Waals surface area contributed by atoms with Gasteiger partial charge < -0.3 is 9.47 Å². The fourth-order valence-electron chi connectivity index (χ4n) is 3.71. The molecule has 4 rings (SSSR count). The van der Waals surface area contributed by atoms with Crippen LogP contribution in [0, 0.1) is 22.7 Å². The number of ether oxygens (including phenoxy) is 2. The van der Waals surface area contributed by atoms with E-state index in [9.17, 15) is 10.5 Å². The van der Waals surface area contributed by atoms with Gasteiger partial charge in [0, 0.05) is 11.1 Å². The molecule has 0 bridgehead atoms. The lowest BCUT2D eigenvalue weighted by Crippen LogP contribution is -2.01. The van der Waals surface area contributed by atoms with Gasteiger partial charge in [-0.15, -0.1) is 0 Å². The van der Waals surface area contributed by atoms with Gasteiger partial charge >= 0.3 is 0 Å². The molecule has 0 N–H and O–H groups in total. The fraction of sp³-hybridized carbons (Fsp3) is 0.103. The van der Waals surface area contributed by atoms with Crippen molar-refractivity contribution in [3.05, 3.63) is 107 Å². The van der Waals surface area contributed by atoms with Crippen LogP contribution < -0.4 is 9.47 Å². The standard InChI is InChI=1S/C29H22N2O2/c1-2-32-29-17-21(14-15-28(29)33-20-24-10-4-3-9-23(24)18-30)16-25(19-31)27-13-7-11-22-8-5-6-12-26(22)27/h3-17H,2,20H2,1H3/b25-16-. The van der Waals surface area contributed by atoms with Gasteiger partial charge in [-0.2, -0.15) is 10.5 Å². The number of nitrogens with zero attached hydrogens (tertiary/aromatic N) is 2. The van der Waals surface area contributed by atoms with Crippen molar-refractivity contribution in [3.63, 3.8) is 0 Å². The van der Waals surface area contributed by atoms with Crippen LogP contribution >= 0.6 is 0 Å². The third-order valence-corrected chi connectivity index (χ3v) is 5.30. The summed E-state index contributed by atoms with van der Waals surface area (Å²) in [6.45, 7) is 2.65. The second-order valence-electron chi connectivity index (χ2n) is 7.39. The molecule has 0 aliphatic carbocycles. The third kappa shape index (κ3) is 4.87. The molecule has 0 saturated carbocycles. The van der Waals surface area contributed by atoms with E-state index in [2.05, 4.69) is 12.1 Å². The second kappa shape index (κ2) is 10.2. The second-order valence-corrected chi connectivity index (χ2v) is 7.39. The molecule has 0 heterocycles. The highest BCUT2D eigenvalue weighted by molar-refractivity contribution is 6.01. The van der Waals surface area contributed by atoms with Gasteiger partial charge in [-0.1, -0.05) is 66.7 Å². The molecule has 0 radical (unpaired) electrons. The number of rotatable bonds is 7. The van der Waals surface area contributed by atoms with Crippen LogP contribution in [0.1, 0.15) is 29.2 Å². The quantitative estimate of drug-likeness (QED) is 0.240. The van der Waals surface area contributed by atoms with Gasteiger partial charge in [-0.3, -0.25) is 0 Å². The van der Waals surface area contributed by atoms with E-state index < -0.39 is 0 Å². The van der Waals surface area contributed by atoms with Gasteiger partial charge in [-0.05, 0) is 47.5 Å². The van der Waals surface area contributed by atoms with Crippen molar-refractivity contribution in [3.8, 4) is 23.6 Å². The number of benzene rings is 4. The van der Waals surface area contributed by atoms with Crippen LogP contribution in [0.3, 0.4) is 0 Å². The average molecular weight is 431 g/mol. The van der Waals surface area contributed by atoms with E-state index in [1.807, 2.05) is 91.9 Å². The van der Waals surface area contributed by atoms with Crippen molar-refractivity contribution in [2.24, 2.45) is 0 Å². The van der Waals surface area contributed by atoms with Crippen LogP contribution in [0.25, 0.3) is 22.4 Å². The summed E-state index contributed by atoms with van der Waals surface area (Å²) >= 11 is 0. The molecule has 0 aliphatic heterocycles. The highest BCUT2D eigenvalue weighted by Crippen LogP contribution is 2.32. The minimum atomic E-state index is 0.262. The van der Waals surface area contributed by atoms with Gasteiger partial charge in [0.15, 0.2) is 11.5 Å². The molecular weight excluding hydrogens is 408 g/mol. The van der Waals surface area contributed by atoms with E-state index >= 15 is 0 Å². The van der Waals surface area contributed by atoms with E-state index in [-0.39, 0.29) is 6.61 Å². The van der Waals surface area contributed by atoms with E-state index in [1.54, 1.807) is 6.07 Å². The number of fused-ring (bicyclic) bond motifs is 1. The Hall–Kier alpha value is -4.54. The van der Waals surface area contributed by atoms with Crippen LogP contribution in [-0.2, 0) is 6.61 Å². The van der Waals surface area contributed by atoms with Crippen molar-refractivity contribution < 1.29 is 9.47 Å². The normalized spacial score (nSPS) is 10.9. The molecule has 4 nitrogen and oxygen atoms in total. The highest BCUT2D eigenvalue weighted by atomic mass is 16.5. The minimum absolute atomic E-state index is 0.262. The van der Waals surface area contributed by atoms with E-state index in [0.29, 0.717) is 29.2 Å². The first-order valence-electron chi connectivity index (χ1n) is 10.7. The van der Waals surface area contributed by atoms with Gasteiger partial charge in [0.05, 0.1) is 29.9 Å². The summed E-state index contributed by atoms with van der Waals surface area (Å²) in [5.41, 5.74) is 3.71. The van der Waals surface area contributed by atoms with Crippen molar-refractivity contribution in [1.82, 2.24) is 0 Å². The van der Waals surface area contributed by atoms with Crippen molar-refractivity contribution in [2.45, 2.75) is 13.5 Å². The lowest BCUT2D eigenvalue weighted by atomic mass is 9.97. The molecule has 0 aliphatic rings. The predicted molar refractivity (Wildman–Crippen MR) is 131 cm³/mol. The lowest BCUT2D eigenvalue weighted by Gasteiger charge is -2.13. The lowest BCUT2D eigenvalue weighted by molar-refractivity contribution is 0.269. The number of nitriles is 2. The highest BCUT2D eigenvalue weighted by Gasteiger charge is 2.10. The van der Waals surface area contributed by atoms with Gasteiger partial charge in [-0.25, -0.2) is 0 Å². The maximum Gasteiger partial charge on any atom is 0.161 e. The Labute approximate surface area is 193 Å². The van der Waals surface area contributed by atoms with Gasteiger partial charge in [0.2, 0.25) is 0 Å². The summed E-state index contributed by atoms with van der Waals surface area (Å²) in [6, 6.07) is 31.5. The Balaban J connectivity index is 1.66. The van der Waals surface area contributed by atoms with Crippen LogP contribution in [0.4, 0.5) is 0 Å². The Kier molecular flexibility index (Phi) is 6.69. The summed E-state index contributed by atoms with van der Waals surface area (Å²) in [4.78, 5) is 0. The molecule has 0 atom stereocenters. The molecule has 0 aromatic heterocycles. The van der Waals surface area contributed by atoms with Crippen molar-refractivity contribution in [1.29, 1.82) is 10.5 Å². The van der Waals surface area contributed by atoms with Gasteiger partial charge in [0.25, 0.3) is 0 Å². The number of allylic oxidation sites excluding steroid dienone is 1. The molecule has 0 fully saturated rings. The molecule has 0 saturated heterocycles. The zero-order valence-electron chi connectivity index (χ0n) is 18.3. The van der Waals surface area contributed by atoms with Crippen LogP contribution in [0.5, 0.6) is 11.5 Å². The van der Waals surface area contributed by atoms with Gasteiger partial charge in [0.1, 0.15) is 6.61 Å². The van der Waals surface area contributed by atoms with Crippen LogP contribution in [0.2, 0.25) is 0 Å². The monoisotopic (exact) mass is 430 g/mol. The van der Waals surface area contributed by atoms with E-state index in [4.69, 9.17) is 9.47 Å². The molecule has 0 unspecified atom stereocenters. The molecular formula is C29H22N2O2. The van der Waals surface area contributed by atoms with E-state index in [0.717, 1.165) is 27.5 Å². The van der Waals surface area contributed by atoms with Crippen molar-refractivity contribution >= 4 is 22.4 Å². The number of hydrogen-bond acceptors (Lipinski definition) is 4. The zero-order chi connectivity index (χ0) is 23.0. The Morgan fingerprint density at radius 1 is 0.848 bits per heavy atom. The molecule has 4 aromatic carbocycles. The SMILES string of the molecule is CCOc1cc(/C=C(/C#N)c2cccc3ccccc23)ccc1OCc1ccccc1C#N. The molecule has 160 valence electrons. The first-order valence-corrected chi connectivity index (χ1v) is 10.7. The summed E-state index contributed by atoms with van der Waals surface area (Å²) in [5.74, 6) is 1.18. The molecule has 0 spiro atoms.